The molecule has 0 bridgehead atoms. The summed E-state index contributed by atoms with van der Waals surface area (Å²) in [6.45, 7) is 2.54. The Bertz CT molecular complexity index is 1320. The number of rotatable bonds is 10. The van der Waals surface area contributed by atoms with E-state index >= 15 is 0 Å². The number of nitro groups is 1. The number of nitro benzene ring substituents is 1. The van der Waals surface area contributed by atoms with Crippen molar-refractivity contribution in [2.24, 2.45) is 0 Å². The number of carbonyl (C=O) groups is 2. The van der Waals surface area contributed by atoms with Crippen molar-refractivity contribution in [3.63, 3.8) is 0 Å². The second-order valence-electron chi connectivity index (χ2n) is 7.27. The van der Waals surface area contributed by atoms with E-state index in [1.807, 2.05) is 6.92 Å². The first-order valence-electron chi connectivity index (χ1n) is 10.6. The molecule has 0 atom stereocenters. The van der Waals surface area contributed by atoms with Crippen LogP contribution < -0.4 is 15.4 Å². The molecule has 0 spiro atoms. The number of non-ortho nitro benzene ring substituents is 1. The van der Waals surface area contributed by atoms with Crippen LogP contribution in [-0.4, -0.2) is 26.5 Å². The second-order valence-corrected chi connectivity index (χ2v) is 7.27. The highest BCUT2D eigenvalue weighted by Gasteiger charge is 2.21. The molecular formula is C23H21N5O7. The van der Waals surface area contributed by atoms with Crippen molar-refractivity contribution in [1.82, 2.24) is 15.1 Å². The van der Waals surface area contributed by atoms with Gasteiger partial charge in [-0.3, -0.25) is 24.4 Å². The molecule has 12 nitrogen and oxygen atoms in total. The van der Waals surface area contributed by atoms with Gasteiger partial charge in [0.15, 0.2) is 11.5 Å². The lowest BCUT2D eigenvalue weighted by Crippen LogP contribution is -2.25. The minimum absolute atomic E-state index is 0.0125. The van der Waals surface area contributed by atoms with Crippen molar-refractivity contribution in [2.45, 2.75) is 26.6 Å². The first-order valence-corrected chi connectivity index (χ1v) is 10.6. The number of nitrogens with one attached hydrogen (secondary N) is 2. The zero-order valence-electron chi connectivity index (χ0n) is 18.6. The standard InChI is InChI=1S/C23H21N5O7/c1-2-27-13-19(21(26-27)23(30)24-12-17-4-3-11-33-17)25-22(29)20-10-9-18(35-20)14-34-16-7-5-15(6-8-16)28(31)32/h3-11,13H,2,12,14H2,1H3,(H,24,30)(H,25,29). The molecule has 0 aliphatic rings. The van der Waals surface area contributed by atoms with Gasteiger partial charge in [-0.1, -0.05) is 0 Å². The minimum Gasteiger partial charge on any atom is -0.486 e. The Labute approximate surface area is 198 Å². The number of aromatic nitrogens is 2. The molecule has 4 rings (SSSR count). The van der Waals surface area contributed by atoms with Gasteiger partial charge >= 0.3 is 0 Å². The van der Waals surface area contributed by atoms with Crippen LogP contribution in [0.25, 0.3) is 0 Å². The number of carbonyl (C=O) groups excluding carboxylic acids is 2. The van der Waals surface area contributed by atoms with Gasteiger partial charge in [-0.2, -0.15) is 5.10 Å². The molecule has 0 fully saturated rings. The van der Waals surface area contributed by atoms with Crippen molar-refractivity contribution in [3.05, 3.63) is 94.1 Å². The average molecular weight is 479 g/mol. The van der Waals surface area contributed by atoms with Gasteiger partial charge in [-0.05, 0) is 43.3 Å². The number of furan rings is 2. The third-order valence-electron chi connectivity index (χ3n) is 4.87. The molecular weight excluding hydrogens is 458 g/mol. The van der Waals surface area contributed by atoms with Crippen LogP contribution in [0, 0.1) is 10.1 Å². The summed E-state index contributed by atoms with van der Waals surface area (Å²) in [6.07, 6.45) is 3.06. The molecule has 35 heavy (non-hydrogen) atoms. The number of ether oxygens (including phenoxy) is 1. The molecule has 1 aromatic carbocycles. The fourth-order valence-corrected chi connectivity index (χ4v) is 3.09. The Kier molecular flexibility index (Phi) is 6.91. The lowest BCUT2D eigenvalue weighted by molar-refractivity contribution is -0.384. The van der Waals surface area contributed by atoms with Gasteiger partial charge in [0.05, 0.1) is 23.4 Å². The highest BCUT2D eigenvalue weighted by Crippen LogP contribution is 2.20. The number of hydrogen-bond donors (Lipinski definition) is 2. The van der Waals surface area contributed by atoms with Crippen LogP contribution >= 0.6 is 0 Å². The van der Waals surface area contributed by atoms with Gasteiger partial charge in [0, 0.05) is 24.9 Å². The van der Waals surface area contributed by atoms with E-state index in [4.69, 9.17) is 13.6 Å². The maximum atomic E-state index is 12.7. The van der Waals surface area contributed by atoms with E-state index < -0.39 is 16.7 Å². The van der Waals surface area contributed by atoms with Crippen molar-refractivity contribution in [1.29, 1.82) is 0 Å². The lowest BCUT2D eigenvalue weighted by atomic mass is 10.3. The zero-order valence-corrected chi connectivity index (χ0v) is 18.6. The summed E-state index contributed by atoms with van der Waals surface area (Å²) < 4.78 is 17.8. The largest absolute Gasteiger partial charge is 0.486 e. The SMILES string of the molecule is CCn1cc(NC(=O)c2ccc(COc3ccc([N+](=O)[O-])cc3)o2)c(C(=O)NCc2ccco2)n1. The van der Waals surface area contributed by atoms with Crippen LogP contribution in [0.1, 0.15) is 39.5 Å². The Morgan fingerprint density at radius 1 is 1.11 bits per heavy atom. The van der Waals surface area contributed by atoms with Crippen molar-refractivity contribution in [3.8, 4) is 5.75 Å². The van der Waals surface area contributed by atoms with Gasteiger partial charge in [0.2, 0.25) is 0 Å². The van der Waals surface area contributed by atoms with Crippen LogP contribution in [0.2, 0.25) is 0 Å². The fraction of sp³-hybridized carbons (Fsp3) is 0.174. The molecule has 0 unspecified atom stereocenters. The third-order valence-corrected chi connectivity index (χ3v) is 4.87. The van der Waals surface area contributed by atoms with Crippen molar-refractivity contribution >= 4 is 23.2 Å². The van der Waals surface area contributed by atoms with E-state index in [0.29, 0.717) is 23.8 Å². The first-order chi connectivity index (χ1) is 16.9. The molecule has 0 aliphatic heterocycles. The molecule has 180 valence electrons. The molecule has 2 N–H and O–H groups in total. The van der Waals surface area contributed by atoms with E-state index in [1.54, 1.807) is 24.4 Å². The van der Waals surface area contributed by atoms with Crippen LogP contribution in [0.15, 0.2) is 69.8 Å². The second kappa shape index (κ2) is 10.4. The summed E-state index contributed by atoms with van der Waals surface area (Å²) in [5, 5.41) is 20.3. The maximum Gasteiger partial charge on any atom is 0.291 e. The lowest BCUT2D eigenvalue weighted by Gasteiger charge is -2.05. The maximum absolute atomic E-state index is 12.7. The molecule has 0 aliphatic carbocycles. The number of hydrogen-bond acceptors (Lipinski definition) is 8. The fourth-order valence-electron chi connectivity index (χ4n) is 3.09. The van der Waals surface area contributed by atoms with Gasteiger partial charge in [-0.25, -0.2) is 0 Å². The number of nitrogens with zero attached hydrogens (tertiary/aromatic N) is 3. The van der Waals surface area contributed by atoms with E-state index in [1.165, 1.54) is 41.3 Å². The number of benzene rings is 1. The smallest absolute Gasteiger partial charge is 0.291 e. The van der Waals surface area contributed by atoms with Crippen LogP contribution in [0.3, 0.4) is 0 Å². The average Bonchev–Trinajstić information content (AvgIpc) is 3.62. The van der Waals surface area contributed by atoms with Crippen LogP contribution in [-0.2, 0) is 19.7 Å². The normalized spacial score (nSPS) is 10.7. The van der Waals surface area contributed by atoms with Crippen molar-refractivity contribution < 1.29 is 28.1 Å². The molecule has 12 heteroatoms. The summed E-state index contributed by atoms with van der Waals surface area (Å²) >= 11 is 0. The minimum atomic E-state index is -0.567. The Morgan fingerprint density at radius 2 is 1.91 bits per heavy atom. The number of aryl methyl sites for hydroxylation is 1. The third kappa shape index (κ3) is 5.74. The van der Waals surface area contributed by atoms with E-state index in [2.05, 4.69) is 15.7 Å². The summed E-state index contributed by atoms with van der Waals surface area (Å²) in [4.78, 5) is 35.6. The van der Waals surface area contributed by atoms with Gasteiger partial charge < -0.3 is 24.2 Å². The Morgan fingerprint density at radius 3 is 2.60 bits per heavy atom. The zero-order chi connectivity index (χ0) is 24.8. The summed E-state index contributed by atoms with van der Waals surface area (Å²) in [5.41, 5.74) is 0.239. The summed E-state index contributed by atoms with van der Waals surface area (Å²) in [6, 6.07) is 12.1. The molecule has 0 saturated carbocycles. The Balaban J connectivity index is 1.38. The number of amides is 2. The summed E-state index contributed by atoms with van der Waals surface area (Å²) in [5.74, 6) is 0.337. The van der Waals surface area contributed by atoms with Crippen LogP contribution in [0.4, 0.5) is 11.4 Å². The molecule has 4 aromatic rings. The predicted molar refractivity (Wildman–Crippen MR) is 122 cm³/mol. The molecule has 3 heterocycles. The highest BCUT2D eigenvalue weighted by molar-refractivity contribution is 6.07. The molecule has 3 aromatic heterocycles. The molecule has 0 saturated heterocycles. The molecule has 2 amide bonds. The van der Waals surface area contributed by atoms with E-state index in [9.17, 15) is 19.7 Å². The molecule has 0 radical (unpaired) electrons. The predicted octanol–water partition coefficient (Wildman–Crippen LogP) is 3.76. The quantitative estimate of drug-likeness (QED) is 0.257. The van der Waals surface area contributed by atoms with Gasteiger partial charge in [0.1, 0.15) is 23.9 Å². The first kappa shape index (κ1) is 23.3. The van der Waals surface area contributed by atoms with E-state index in [0.717, 1.165) is 0 Å². The summed E-state index contributed by atoms with van der Waals surface area (Å²) in [7, 11) is 0. The topological polar surface area (TPSA) is 155 Å². The monoisotopic (exact) mass is 479 g/mol. The number of anilines is 1. The van der Waals surface area contributed by atoms with Crippen LogP contribution in [0.5, 0.6) is 5.75 Å². The van der Waals surface area contributed by atoms with Gasteiger partial charge in [-0.15, -0.1) is 0 Å². The van der Waals surface area contributed by atoms with Gasteiger partial charge in [0.25, 0.3) is 17.5 Å². The van der Waals surface area contributed by atoms with E-state index in [-0.39, 0.29) is 36.0 Å². The Hall–Kier alpha value is -4.87. The van der Waals surface area contributed by atoms with Crippen molar-refractivity contribution in [2.75, 3.05) is 5.32 Å². The highest BCUT2D eigenvalue weighted by atomic mass is 16.6.